The fourth-order valence-electron chi connectivity index (χ4n) is 4.13. The van der Waals surface area contributed by atoms with Gasteiger partial charge >= 0.3 is 12.1 Å². The van der Waals surface area contributed by atoms with Crippen LogP contribution in [0.15, 0.2) is 43.0 Å². The van der Waals surface area contributed by atoms with Crippen LogP contribution in [0.5, 0.6) is 0 Å². The molecule has 9 nitrogen and oxygen atoms in total. The van der Waals surface area contributed by atoms with E-state index in [1.807, 2.05) is 44.2 Å². The number of alkyl carbamates (subject to hydrolysis) is 1. The molecule has 1 aromatic carbocycles. The summed E-state index contributed by atoms with van der Waals surface area (Å²) in [5.74, 6) is -1.04. The average Bonchev–Trinajstić information content (AvgIpc) is 3.57. The van der Waals surface area contributed by atoms with Crippen LogP contribution in [-0.4, -0.2) is 48.1 Å². The molecule has 2 fully saturated rings. The number of cyclic esters (lactones) is 1. The Hall–Kier alpha value is -3.36. The Kier molecular flexibility index (Phi) is 8.89. The number of amides is 3. The molecule has 1 aliphatic carbocycles. The molecule has 0 spiro atoms. The summed E-state index contributed by atoms with van der Waals surface area (Å²) < 4.78 is 10.2. The SMILES string of the molecule is C=C[C@H](C[C@@H]1C[C@H]1NC(=O)[C@@H]1OC(=O)[C@H]1C(C)CC)NC(=O)[C@H](C)NC(=O)OCc1ccccc1. The van der Waals surface area contributed by atoms with Crippen LogP contribution in [0.3, 0.4) is 0 Å². The Morgan fingerprint density at radius 2 is 1.91 bits per heavy atom. The zero-order chi connectivity index (χ0) is 25.5. The number of hydrogen-bond donors (Lipinski definition) is 3. The van der Waals surface area contributed by atoms with E-state index in [9.17, 15) is 19.2 Å². The van der Waals surface area contributed by atoms with Crippen molar-refractivity contribution in [2.24, 2.45) is 17.8 Å². The van der Waals surface area contributed by atoms with E-state index in [1.54, 1.807) is 13.0 Å². The van der Waals surface area contributed by atoms with Crippen molar-refractivity contribution in [1.29, 1.82) is 0 Å². The standard InChI is InChI=1S/C26H35N3O6/c1-5-15(3)21-22(35-25(21)32)24(31)29-20-13-18(20)12-19(6-2)28-23(30)16(4)27-26(33)34-14-17-10-8-7-9-11-17/h6-11,15-16,18-22H,2,5,12-14H2,1,3-4H3,(H,27,33)(H,28,30)(H,29,31)/t15?,16-,18+,19+,20+,21-,22+/m0/s1. The third-order valence-corrected chi connectivity index (χ3v) is 6.72. The van der Waals surface area contributed by atoms with Gasteiger partial charge in [-0.25, -0.2) is 4.79 Å². The van der Waals surface area contributed by atoms with E-state index >= 15 is 0 Å². The molecule has 0 bridgehead atoms. The smallest absolute Gasteiger partial charge is 0.408 e. The lowest BCUT2D eigenvalue weighted by molar-refractivity contribution is -0.193. The molecule has 1 aromatic rings. The third-order valence-electron chi connectivity index (χ3n) is 6.72. The molecule has 3 N–H and O–H groups in total. The van der Waals surface area contributed by atoms with E-state index in [0.29, 0.717) is 6.42 Å². The highest BCUT2D eigenvalue weighted by molar-refractivity contribution is 5.94. The first-order chi connectivity index (χ1) is 16.7. The van der Waals surface area contributed by atoms with E-state index in [2.05, 4.69) is 22.5 Å². The number of hydrogen-bond acceptors (Lipinski definition) is 6. The van der Waals surface area contributed by atoms with Gasteiger partial charge in [-0.3, -0.25) is 14.4 Å². The molecule has 9 heteroatoms. The summed E-state index contributed by atoms with van der Waals surface area (Å²) in [6.07, 6.45) is 2.42. The van der Waals surface area contributed by atoms with Crippen LogP contribution < -0.4 is 16.0 Å². The second kappa shape index (κ2) is 11.9. The molecule has 1 heterocycles. The van der Waals surface area contributed by atoms with Crippen LogP contribution in [-0.2, 0) is 30.5 Å². The first-order valence-corrected chi connectivity index (χ1v) is 12.1. The van der Waals surface area contributed by atoms with Crippen molar-refractivity contribution in [1.82, 2.24) is 16.0 Å². The minimum atomic E-state index is -0.791. The summed E-state index contributed by atoms with van der Waals surface area (Å²) in [6.45, 7) is 9.41. The topological polar surface area (TPSA) is 123 Å². The molecule has 1 saturated heterocycles. The summed E-state index contributed by atoms with van der Waals surface area (Å²) in [5, 5.41) is 8.34. The van der Waals surface area contributed by atoms with Crippen molar-refractivity contribution >= 4 is 23.9 Å². The molecule has 1 unspecified atom stereocenters. The van der Waals surface area contributed by atoms with Crippen LogP contribution in [0.2, 0.25) is 0 Å². The van der Waals surface area contributed by atoms with Crippen molar-refractivity contribution in [3.8, 4) is 0 Å². The lowest BCUT2D eigenvalue weighted by atomic mass is 9.83. The molecular formula is C26H35N3O6. The summed E-state index contributed by atoms with van der Waals surface area (Å²) in [4.78, 5) is 48.8. The van der Waals surface area contributed by atoms with Crippen molar-refractivity contribution in [3.05, 3.63) is 48.6 Å². The van der Waals surface area contributed by atoms with Gasteiger partial charge in [0.1, 0.15) is 18.6 Å². The largest absolute Gasteiger partial charge is 0.451 e. The Bertz CT molecular complexity index is 936. The molecule has 7 atom stereocenters. The molecule has 35 heavy (non-hydrogen) atoms. The summed E-state index contributed by atoms with van der Waals surface area (Å²) in [5.41, 5.74) is 0.850. The first kappa shape index (κ1) is 26.2. The number of nitrogens with one attached hydrogen (secondary N) is 3. The predicted octanol–water partition coefficient (Wildman–Crippen LogP) is 2.45. The maximum atomic E-state index is 12.5. The minimum Gasteiger partial charge on any atom is -0.451 e. The van der Waals surface area contributed by atoms with Gasteiger partial charge in [0, 0.05) is 12.1 Å². The zero-order valence-electron chi connectivity index (χ0n) is 20.5. The van der Waals surface area contributed by atoms with E-state index in [4.69, 9.17) is 9.47 Å². The molecule has 0 aromatic heterocycles. The van der Waals surface area contributed by atoms with E-state index in [-0.39, 0.29) is 54.2 Å². The molecule has 1 aliphatic heterocycles. The third kappa shape index (κ3) is 7.07. The second-order valence-corrected chi connectivity index (χ2v) is 9.39. The maximum absolute atomic E-state index is 12.5. The van der Waals surface area contributed by atoms with Crippen LogP contribution >= 0.6 is 0 Å². The number of rotatable bonds is 12. The van der Waals surface area contributed by atoms with Gasteiger partial charge in [0.25, 0.3) is 5.91 Å². The van der Waals surface area contributed by atoms with Crippen molar-refractivity contribution < 1.29 is 28.7 Å². The highest BCUT2D eigenvalue weighted by atomic mass is 16.6. The van der Waals surface area contributed by atoms with Gasteiger partial charge in [0.15, 0.2) is 6.10 Å². The quantitative estimate of drug-likeness (QED) is 0.309. The molecule has 0 radical (unpaired) electrons. The molecule has 1 saturated carbocycles. The monoisotopic (exact) mass is 485 g/mol. The van der Waals surface area contributed by atoms with Crippen LogP contribution in [0.4, 0.5) is 4.79 Å². The first-order valence-electron chi connectivity index (χ1n) is 12.1. The molecular weight excluding hydrogens is 450 g/mol. The maximum Gasteiger partial charge on any atom is 0.408 e. The fraction of sp³-hybridized carbons (Fsp3) is 0.538. The number of esters is 1. The molecule has 3 amide bonds. The normalized spacial score (nSPS) is 25.1. The van der Waals surface area contributed by atoms with Crippen molar-refractivity contribution in [3.63, 3.8) is 0 Å². The van der Waals surface area contributed by atoms with Crippen molar-refractivity contribution in [2.75, 3.05) is 0 Å². The molecule has 3 rings (SSSR count). The van der Waals surface area contributed by atoms with Crippen LogP contribution in [0.25, 0.3) is 0 Å². The van der Waals surface area contributed by atoms with Crippen molar-refractivity contribution in [2.45, 2.75) is 70.9 Å². The Labute approximate surface area is 206 Å². The predicted molar refractivity (Wildman–Crippen MR) is 129 cm³/mol. The lowest BCUT2D eigenvalue weighted by Crippen LogP contribution is -2.56. The Morgan fingerprint density at radius 3 is 2.54 bits per heavy atom. The number of ether oxygens (including phenoxy) is 2. The van der Waals surface area contributed by atoms with Crippen LogP contribution in [0, 0.1) is 17.8 Å². The van der Waals surface area contributed by atoms with Gasteiger partial charge in [0.05, 0.1) is 0 Å². The average molecular weight is 486 g/mol. The summed E-state index contributed by atoms with van der Waals surface area (Å²) in [7, 11) is 0. The molecule has 190 valence electrons. The van der Waals surface area contributed by atoms with Gasteiger partial charge < -0.3 is 25.4 Å². The highest BCUT2D eigenvalue weighted by Gasteiger charge is 2.51. The zero-order valence-corrected chi connectivity index (χ0v) is 20.5. The Balaban J connectivity index is 1.37. The number of carbonyl (C=O) groups excluding carboxylic acids is 4. The molecule has 2 aliphatic rings. The summed E-state index contributed by atoms with van der Waals surface area (Å²) >= 11 is 0. The van der Waals surface area contributed by atoms with Gasteiger partial charge in [-0.05, 0) is 37.2 Å². The van der Waals surface area contributed by atoms with E-state index in [0.717, 1.165) is 18.4 Å². The van der Waals surface area contributed by atoms with E-state index < -0.39 is 18.2 Å². The number of carbonyl (C=O) groups is 4. The van der Waals surface area contributed by atoms with Crippen LogP contribution in [0.1, 0.15) is 45.6 Å². The van der Waals surface area contributed by atoms with Gasteiger partial charge in [-0.2, -0.15) is 0 Å². The van der Waals surface area contributed by atoms with Gasteiger partial charge in [-0.1, -0.05) is 56.7 Å². The second-order valence-electron chi connectivity index (χ2n) is 9.39. The Morgan fingerprint density at radius 1 is 1.20 bits per heavy atom. The summed E-state index contributed by atoms with van der Waals surface area (Å²) in [6, 6.07) is 8.13. The minimum absolute atomic E-state index is 0.0257. The van der Waals surface area contributed by atoms with Gasteiger partial charge in [-0.15, -0.1) is 6.58 Å². The number of benzene rings is 1. The van der Waals surface area contributed by atoms with E-state index in [1.165, 1.54) is 0 Å². The highest BCUT2D eigenvalue weighted by Crippen LogP contribution is 2.37. The lowest BCUT2D eigenvalue weighted by Gasteiger charge is -2.37. The van der Waals surface area contributed by atoms with Gasteiger partial charge in [0.2, 0.25) is 5.91 Å². The fourth-order valence-corrected chi connectivity index (χ4v) is 4.13.